The predicted octanol–water partition coefficient (Wildman–Crippen LogP) is 5.36. The van der Waals surface area contributed by atoms with Gasteiger partial charge in [-0.25, -0.2) is 17.8 Å². The highest BCUT2D eigenvalue weighted by Crippen LogP contribution is 2.41. The molecule has 0 aliphatic heterocycles. The highest BCUT2D eigenvalue weighted by atomic mass is 32.2. The van der Waals surface area contributed by atoms with Crippen molar-refractivity contribution >= 4 is 32.7 Å². The van der Waals surface area contributed by atoms with E-state index >= 15 is 0 Å². The molecule has 0 spiro atoms. The maximum Gasteiger partial charge on any atom is 0.251 e. The van der Waals surface area contributed by atoms with Crippen LogP contribution in [0, 0.1) is 0 Å². The van der Waals surface area contributed by atoms with Gasteiger partial charge in [0.15, 0.2) is 0 Å². The smallest absolute Gasteiger partial charge is 0.251 e. The average Bonchev–Trinajstić information content (AvgIpc) is 3.13. The van der Waals surface area contributed by atoms with Crippen molar-refractivity contribution in [1.29, 1.82) is 0 Å². The molecule has 1 fully saturated rings. The normalized spacial score (nSPS) is 19.1. The Hall–Kier alpha value is -2.94. The van der Waals surface area contributed by atoms with Crippen LogP contribution in [0.3, 0.4) is 0 Å². The van der Waals surface area contributed by atoms with Gasteiger partial charge >= 0.3 is 0 Å². The molecule has 7 nitrogen and oxygen atoms in total. The van der Waals surface area contributed by atoms with Crippen LogP contribution in [0.5, 0.6) is 0 Å². The number of rotatable bonds is 6. The molecule has 3 N–H and O–H groups in total. The van der Waals surface area contributed by atoms with E-state index in [1.807, 2.05) is 12.1 Å². The first-order chi connectivity index (χ1) is 16.4. The molecule has 1 aliphatic carbocycles. The van der Waals surface area contributed by atoms with Gasteiger partial charge in [0.05, 0.1) is 16.0 Å². The number of nitrogens with zero attached hydrogens (tertiary/aromatic N) is 2. The largest absolute Gasteiger partial charge is 0.366 e. The third-order valence-electron chi connectivity index (χ3n) is 6.80. The molecule has 0 unspecified atom stereocenters. The van der Waals surface area contributed by atoms with E-state index in [0.717, 1.165) is 22.9 Å². The maximum atomic E-state index is 14.0. The number of carbonyl (C=O) groups is 1. The van der Waals surface area contributed by atoms with E-state index < -0.39 is 26.8 Å². The number of benzene rings is 1. The van der Waals surface area contributed by atoms with Crippen LogP contribution in [-0.2, 0) is 16.4 Å². The quantitative estimate of drug-likeness (QED) is 0.475. The second-order valence-electron chi connectivity index (χ2n) is 10.2. The van der Waals surface area contributed by atoms with Crippen LogP contribution in [0.1, 0.15) is 75.3 Å². The SMILES string of the molecule is CCc1ccc2c(C(N)=O)c(-c3ccc(NS(=O)(=O)C(C)(C)C)nc3)n(C3CCC(F)CC3)c2c1. The maximum absolute atomic E-state index is 14.0. The minimum Gasteiger partial charge on any atom is -0.366 e. The van der Waals surface area contributed by atoms with Crippen LogP contribution in [0.15, 0.2) is 36.5 Å². The zero-order valence-corrected chi connectivity index (χ0v) is 21.5. The van der Waals surface area contributed by atoms with Gasteiger partial charge in [-0.1, -0.05) is 19.1 Å². The summed E-state index contributed by atoms with van der Waals surface area (Å²) >= 11 is 0. The number of carbonyl (C=O) groups excluding carboxylic acids is 1. The Bertz CT molecular complexity index is 1350. The van der Waals surface area contributed by atoms with Crippen molar-refractivity contribution in [2.45, 2.75) is 76.8 Å². The fourth-order valence-electron chi connectivity index (χ4n) is 4.67. The Labute approximate surface area is 206 Å². The summed E-state index contributed by atoms with van der Waals surface area (Å²) in [6.07, 6.45) is 3.83. The van der Waals surface area contributed by atoms with Crippen molar-refractivity contribution in [2.24, 2.45) is 5.73 Å². The monoisotopic (exact) mass is 500 g/mol. The number of aryl methyl sites for hydroxylation is 1. The lowest BCUT2D eigenvalue weighted by Gasteiger charge is -2.28. The van der Waals surface area contributed by atoms with Gasteiger partial charge in [-0.2, -0.15) is 0 Å². The zero-order chi connectivity index (χ0) is 25.5. The van der Waals surface area contributed by atoms with E-state index in [-0.39, 0.29) is 11.9 Å². The van der Waals surface area contributed by atoms with E-state index in [1.54, 1.807) is 39.1 Å². The van der Waals surface area contributed by atoms with Crippen molar-refractivity contribution in [3.05, 3.63) is 47.7 Å². The summed E-state index contributed by atoms with van der Waals surface area (Å²) in [6.45, 7) is 6.90. The molecule has 35 heavy (non-hydrogen) atoms. The number of fused-ring (bicyclic) bond motifs is 1. The van der Waals surface area contributed by atoms with Crippen molar-refractivity contribution in [3.8, 4) is 11.3 Å². The second kappa shape index (κ2) is 9.26. The molecule has 1 amide bonds. The number of sulfonamides is 1. The summed E-state index contributed by atoms with van der Waals surface area (Å²) in [6, 6.07) is 9.33. The summed E-state index contributed by atoms with van der Waals surface area (Å²) in [5.74, 6) is -0.358. The number of alkyl halides is 1. The van der Waals surface area contributed by atoms with Crippen LogP contribution in [0.25, 0.3) is 22.2 Å². The van der Waals surface area contributed by atoms with Gasteiger partial charge in [0.2, 0.25) is 10.0 Å². The molecule has 0 bridgehead atoms. The minimum absolute atomic E-state index is 0.0128. The van der Waals surface area contributed by atoms with Gasteiger partial charge in [-0.05, 0) is 76.6 Å². The summed E-state index contributed by atoms with van der Waals surface area (Å²) in [5.41, 5.74) is 9.60. The van der Waals surface area contributed by atoms with Gasteiger partial charge in [-0.15, -0.1) is 0 Å². The zero-order valence-electron chi connectivity index (χ0n) is 20.6. The number of primary amides is 1. The molecule has 4 rings (SSSR count). The standard InChI is InChI=1S/C26H33FN4O3S/c1-5-16-6-12-20-21(14-16)31(19-10-8-18(27)9-11-19)24(23(20)25(28)32)17-7-13-22(29-15-17)30-35(33,34)26(2,3)4/h6-7,12-15,18-19H,5,8-11H2,1-4H3,(H2,28,32)(H,29,30). The molecule has 188 valence electrons. The Kier molecular flexibility index (Phi) is 6.66. The molecule has 1 saturated carbocycles. The van der Waals surface area contributed by atoms with Crippen molar-refractivity contribution < 1.29 is 17.6 Å². The molecule has 2 heterocycles. The topological polar surface area (TPSA) is 107 Å². The van der Waals surface area contributed by atoms with Crippen molar-refractivity contribution in [3.63, 3.8) is 0 Å². The molecule has 0 radical (unpaired) electrons. The Morgan fingerprint density at radius 1 is 1.17 bits per heavy atom. The third-order valence-corrected chi connectivity index (χ3v) is 8.89. The van der Waals surface area contributed by atoms with Crippen LogP contribution >= 0.6 is 0 Å². The van der Waals surface area contributed by atoms with Crippen LogP contribution in [-0.4, -0.2) is 34.8 Å². The number of amides is 1. The van der Waals surface area contributed by atoms with Gasteiger partial charge in [0.1, 0.15) is 12.0 Å². The van der Waals surface area contributed by atoms with Crippen LogP contribution in [0.2, 0.25) is 0 Å². The number of nitrogens with two attached hydrogens (primary N) is 1. The van der Waals surface area contributed by atoms with Gasteiger partial charge in [-0.3, -0.25) is 9.52 Å². The van der Waals surface area contributed by atoms with Crippen LogP contribution in [0.4, 0.5) is 10.2 Å². The van der Waals surface area contributed by atoms with Gasteiger partial charge < -0.3 is 10.3 Å². The lowest BCUT2D eigenvalue weighted by atomic mass is 9.93. The molecule has 1 aliphatic rings. The lowest BCUT2D eigenvalue weighted by Crippen LogP contribution is -2.33. The molecular weight excluding hydrogens is 467 g/mol. The number of anilines is 1. The first-order valence-electron chi connectivity index (χ1n) is 12.0. The molecule has 0 atom stereocenters. The number of hydrogen-bond donors (Lipinski definition) is 2. The molecule has 0 saturated heterocycles. The fourth-order valence-corrected chi connectivity index (χ4v) is 5.37. The summed E-state index contributed by atoms with van der Waals surface area (Å²) in [4.78, 5) is 17.1. The number of aromatic nitrogens is 2. The molecular formula is C26H33FN4O3S. The van der Waals surface area contributed by atoms with E-state index in [0.29, 0.717) is 42.5 Å². The first-order valence-corrected chi connectivity index (χ1v) is 13.5. The van der Waals surface area contributed by atoms with E-state index in [9.17, 15) is 17.6 Å². The Balaban J connectivity index is 1.88. The van der Waals surface area contributed by atoms with E-state index in [2.05, 4.69) is 27.3 Å². The van der Waals surface area contributed by atoms with Crippen LogP contribution < -0.4 is 10.5 Å². The fraction of sp³-hybridized carbons (Fsp3) is 0.462. The molecule has 2 aromatic heterocycles. The third kappa shape index (κ3) is 4.78. The molecule has 9 heteroatoms. The number of hydrogen-bond acceptors (Lipinski definition) is 4. The average molecular weight is 501 g/mol. The Morgan fingerprint density at radius 2 is 1.86 bits per heavy atom. The van der Waals surface area contributed by atoms with Gasteiger partial charge in [0, 0.05) is 28.7 Å². The first kappa shape index (κ1) is 25.2. The van der Waals surface area contributed by atoms with E-state index in [4.69, 9.17) is 5.73 Å². The predicted molar refractivity (Wildman–Crippen MR) is 138 cm³/mol. The van der Waals surface area contributed by atoms with Gasteiger partial charge in [0.25, 0.3) is 5.91 Å². The number of halogens is 1. The summed E-state index contributed by atoms with van der Waals surface area (Å²) < 4.78 is 42.7. The summed E-state index contributed by atoms with van der Waals surface area (Å²) in [5, 5.41) is 0.754. The molecule has 1 aromatic carbocycles. The highest BCUT2D eigenvalue weighted by molar-refractivity contribution is 7.94. The van der Waals surface area contributed by atoms with Crippen molar-refractivity contribution in [2.75, 3.05) is 4.72 Å². The number of nitrogens with one attached hydrogen (secondary N) is 1. The second-order valence-corrected chi connectivity index (χ2v) is 12.7. The molecule has 3 aromatic rings. The van der Waals surface area contributed by atoms with Crippen molar-refractivity contribution in [1.82, 2.24) is 9.55 Å². The number of pyridine rings is 1. The highest BCUT2D eigenvalue weighted by Gasteiger charge is 2.31. The minimum atomic E-state index is -3.64. The van der Waals surface area contributed by atoms with E-state index in [1.165, 1.54) is 0 Å². The lowest BCUT2D eigenvalue weighted by molar-refractivity contribution is 0.100. The Morgan fingerprint density at radius 3 is 2.40 bits per heavy atom. The summed E-state index contributed by atoms with van der Waals surface area (Å²) in [7, 11) is -3.64.